The molecule has 2 N–H and O–H groups in total. The topological polar surface area (TPSA) is 45.1 Å². The van der Waals surface area contributed by atoms with E-state index in [2.05, 4.69) is 10.3 Å². The summed E-state index contributed by atoms with van der Waals surface area (Å²) < 4.78 is 0. The number of nitrogens with one attached hydrogen (secondary N) is 1. The summed E-state index contributed by atoms with van der Waals surface area (Å²) in [5.74, 6) is 0. The number of hydrogen-bond acceptors (Lipinski definition) is 3. The van der Waals surface area contributed by atoms with Gasteiger partial charge in [-0.25, -0.2) is 0 Å². The Balaban J connectivity index is 0.000000720. The molecule has 4 heteroatoms. The van der Waals surface area contributed by atoms with Crippen molar-refractivity contribution >= 4 is 12.4 Å². The molecule has 0 spiro atoms. The van der Waals surface area contributed by atoms with E-state index in [0.29, 0.717) is 6.54 Å². The van der Waals surface area contributed by atoms with Gasteiger partial charge in [0.25, 0.3) is 0 Å². The van der Waals surface area contributed by atoms with Gasteiger partial charge < -0.3 is 10.4 Å². The molecule has 0 radical (unpaired) electrons. The number of fused-ring (bicyclic) bond motifs is 1. The SMILES string of the molecule is Cl.OC1CNCc2cnccc21. The van der Waals surface area contributed by atoms with Crippen molar-refractivity contribution in [3.63, 3.8) is 0 Å². The van der Waals surface area contributed by atoms with Crippen LogP contribution in [0.2, 0.25) is 0 Å². The van der Waals surface area contributed by atoms with E-state index in [1.54, 1.807) is 12.4 Å². The van der Waals surface area contributed by atoms with E-state index in [-0.39, 0.29) is 18.5 Å². The average Bonchev–Trinajstić information content (AvgIpc) is 2.06. The second kappa shape index (κ2) is 3.85. The highest BCUT2D eigenvalue weighted by Gasteiger charge is 2.15. The molecule has 1 aliphatic rings. The van der Waals surface area contributed by atoms with Gasteiger partial charge in [0.2, 0.25) is 0 Å². The van der Waals surface area contributed by atoms with Gasteiger partial charge in [-0.3, -0.25) is 4.98 Å². The molecule has 0 saturated heterocycles. The molecule has 1 atom stereocenters. The maximum atomic E-state index is 9.47. The van der Waals surface area contributed by atoms with Crippen LogP contribution in [-0.4, -0.2) is 16.6 Å². The Morgan fingerprint density at radius 2 is 2.42 bits per heavy atom. The fraction of sp³-hybridized carbons (Fsp3) is 0.375. The van der Waals surface area contributed by atoms with Crippen LogP contribution < -0.4 is 5.32 Å². The Morgan fingerprint density at radius 3 is 3.17 bits per heavy atom. The number of aliphatic hydroxyl groups excluding tert-OH is 1. The summed E-state index contributed by atoms with van der Waals surface area (Å²) >= 11 is 0. The fourth-order valence-corrected chi connectivity index (χ4v) is 1.36. The largest absolute Gasteiger partial charge is 0.387 e. The molecular formula is C8H11ClN2O. The summed E-state index contributed by atoms with van der Waals surface area (Å²) in [6.07, 6.45) is 3.15. The Kier molecular flexibility index (Phi) is 3.03. The molecule has 0 fully saturated rings. The number of rotatable bonds is 0. The molecule has 1 unspecified atom stereocenters. The molecule has 1 aromatic rings. The van der Waals surface area contributed by atoms with Gasteiger partial charge in [-0.15, -0.1) is 12.4 Å². The first-order valence-electron chi connectivity index (χ1n) is 3.69. The minimum absolute atomic E-state index is 0. The fourth-order valence-electron chi connectivity index (χ4n) is 1.36. The Bertz CT molecular complexity index is 267. The van der Waals surface area contributed by atoms with Gasteiger partial charge in [0.15, 0.2) is 0 Å². The van der Waals surface area contributed by atoms with E-state index in [4.69, 9.17) is 0 Å². The highest BCUT2D eigenvalue weighted by molar-refractivity contribution is 5.85. The van der Waals surface area contributed by atoms with E-state index >= 15 is 0 Å². The van der Waals surface area contributed by atoms with E-state index in [1.807, 2.05) is 6.07 Å². The summed E-state index contributed by atoms with van der Waals surface area (Å²) in [5.41, 5.74) is 2.12. The maximum absolute atomic E-state index is 9.47. The van der Waals surface area contributed by atoms with Crippen LogP contribution in [0.4, 0.5) is 0 Å². The zero-order valence-corrected chi connectivity index (χ0v) is 7.34. The summed E-state index contributed by atoms with van der Waals surface area (Å²) in [6.45, 7) is 1.47. The number of nitrogens with zero attached hydrogens (tertiary/aromatic N) is 1. The molecule has 66 valence electrons. The number of hydrogen-bond donors (Lipinski definition) is 2. The van der Waals surface area contributed by atoms with Crippen molar-refractivity contribution in [2.45, 2.75) is 12.6 Å². The van der Waals surface area contributed by atoms with Gasteiger partial charge >= 0.3 is 0 Å². The molecule has 1 aliphatic heterocycles. The normalized spacial score (nSPS) is 20.9. The monoisotopic (exact) mass is 186 g/mol. The number of halogens is 1. The predicted molar refractivity (Wildman–Crippen MR) is 48.2 cm³/mol. The summed E-state index contributed by atoms with van der Waals surface area (Å²) in [6, 6.07) is 1.88. The van der Waals surface area contributed by atoms with Crippen LogP contribution in [0.15, 0.2) is 18.5 Å². The van der Waals surface area contributed by atoms with Crippen molar-refractivity contribution in [3.05, 3.63) is 29.6 Å². The standard InChI is InChI=1S/C8H10N2O.ClH/c11-8-5-10-4-6-3-9-2-1-7(6)8;/h1-3,8,10-11H,4-5H2;1H. The molecule has 2 rings (SSSR count). The van der Waals surface area contributed by atoms with Crippen molar-refractivity contribution in [2.24, 2.45) is 0 Å². The zero-order valence-electron chi connectivity index (χ0n) is 6.53. The van der Waals surface area contributed by atoms with Gasteiger partial charge in [0.05, 0.1) is 6.10 Å². The third-order valence-corrected chi connectivity index (χ3v) is 1.95. The summed E-state index contributed by atoms with van der Waals surface area (Å²) in [7, 11) is 0. The third-order valence-electron chi connectivity index (χ3n) is 1.95. The summed E-state index contributed by atoms with van der Waals surface area (Å²) in [4.78, 5) is 3.98. The van der Waals surface area contributed by atoms with Crippen molar-refractivity contribution in [2.75, 3.05) is 6.54 Å². The molecule has 0 amide bonds. The average molecular weight is 187 g/mol. The third kappa shape index (κ3) is 1.58. The van der Waals surface area contributed by atoms with Crippen LogP contribution in [-0.2, 0) is 6.54 Å². The number of β-amino-alcohol motifs (C(OH)–C–C–N with tert-alkyl or cyclic N) is 1. The number of aromatic nitrogens is 1. The van der Waals surface area contributed by atoms with Crippen LogP contribution in [0.5, 0.6) is 0 Å². The smallest absolute Gasteiger partial charge is 0.0918 e. The van der Waals surface area contributed by atoms with Crippen LogP contribution >= 0.6 is 12.4 Å². The molecule has 12 heavy (non-hydrogen) atoms. The molecule has 0 saturated carbocycles. The highest BCUT2D eigenvalue weighted by atomic mass is 35.5. The lowest BCUT2D eigenvalue weighted by atomic mass is 10.0. The van der Waals surface area contributed by atoms with Crippen molar-refractivity contribution < 1.29 is 5.11 Å². The highest BCUT2D eigenvalue weighted by Crippen LogP contribution is 2.19. The molecule has 3 nitrogen and oxygen atoms in total. The van der Waals surface area contributed by atoms with Crippen LogP contribution in [0, 0.1) is 0 Å². The van der Waals surface area contributed by atoms with Gasteiger partial charge in [-0.2, -0.15) is 0 Å². The number of aliphatic hydroxyl groups is 1. The minimum Gasteiger partial charge on any atom is -0.387 e. The molecular weight excluding hydrogens is 176 g/mol. The summed E-state index contributed by atoms with van der Waals surface area (Å²) in [5, 5.41) is 12.6. The second-order valence-electron chi connectivity index (χ2n) is 2.72. The Morgan fingerprint density at radius 1 is 1.58 bits per heavy atom. The Hall–Kier alpha value is -0.640. The quantitative estimate of drug-likeness (QED) is 0.625. The minimum atomic E-state index is -0.359. The maximum Gasteiger partial charge on any atom is 0.0918 e. The van der Waals surface area contributed by atoms with Gasteiger partial charge in [-0.1, -0.05) is 0 Å². The van der Waals surface area contributed by atoms with Gasteiger partial charge in [0.1, 0.15) is 0 Å². The van der Waals surface area contributed by atoms with E-state index in [9.17, 15) is 5.11 Å². The zero-order chi connectivity index (χ0) is 7.68. The molecule has 0 aromatic carbocycles. The molecule has 2 heterocycles. The Labute approximate surface area is 77.2 Å². The van der Waals surface area contributed by atoms with Crippen molar-refractivity contribution in [1.82, 2.24) is 10.3 Å². The van der Waals surface area contributed by atoms with Crippen LogP contribution in [0.25, 0.3) is 0 Å². The van der Waals surface area contributed by atoms with E-state index < -0.39 is 0 Å². The lowest BCUT2D eigenvalue weighted by Crippen LogP contribution is -2.27. The second-order valence-corrected chi connectivity index (χ2v) is 2.72. The van der Waals surface area contributed by atoms with Crippen LogP contribution in [0.3, 0.4) is 0 Å². The van der Waals surface area contributed by atoms with Gasteiger partial charge in [-0.05, 0) is 17.2 Å². The molecule has 0 aliphatic carbocycles. The van der Waals surface area contributed by atoms with Gasteiger partial charge in [0, 0.05) is 25.5 Å². The van der Waals surface area contributed by atoms with E-state index in [1.165, 1.54) is 0 Å². The van der Waals surface area contributed by atoms with Crippen molar-refractivity contribution in [3.8, 4) is 0 Å². The molecule has 1 aromatic heterocycles. The first-order valence-corrected chi connectivity index (χ1v) is 3.69. The first-order chi connectivity index (χ1) is 5.38. The predicted octanol–water partition coefficient (Wildman–Crippen LogP) is 0.640. The molecule has 0 bridgehead atoms. The first kappa shape index (κ1) is 9.45. The lowest BCUT2D eigenvalue weighted by Gasteiger charge is -2.21. The van der Waals surface area contributed by atoms with Crippen LogP contribution in [0.1, 0.15) is 17.2 Å². The van der Waals surface area contributed by atoms with E-state index in [0.717, 1.165) is 17.7 Å². The lowest BCUT2D eigenvalue weighted by molar-refractivity contribution is 0.165. The number of pyridine rings is 1. The van der Waals surface area contributed by atoms with Crippen molar-refractivity contribution in [1.29, 1.82) is 0 Å².